The number of nitrogens with zero attached hydrogens (tertiary/aromatic N) is 3. The summed E-state index contributed by atoms with van der Waals surface area (Å²) in [6.45, 7) is 2.38. The second kappa shape index (κ2) is 4.17. The van der Waals surface area contributed by atoms with E-state index in [0.717, 1.165) is 12.8 Å². The first-order valence-electron chi connectivity index (χ1n) is 8.06. The largest absolute Gasteiger partial charge is 0.317 e. The Balaban J connectivity index is 1.85. The van der Waals surface area contributed by atoms with Crippen LogP contribution in [0.4, 0.5) is 0 Å². The highest BCUT2D eigenvalue weighted by molar-refractivity contribution is 5.86. The average molecular weight is 281 g/mol. The lowest BCUT2D eigenvalue weighted by Crippen LogP contribution is -2.46. The fourth-order valence-corrected chi connectivity index (χ4v) is 5.02. The maximum Gasteiger partial charge on any atom is 0.167 e. The third-order valence-corrected chi connectivity index (χ3v) is 5.78. The molecule has 1 fully saturated rings. The van der Waals surface area contributed by atoms with Crippen molar-refractivity contribution in [3.63, 3.8) is 0 Å². The molecule has 4 heteroatoms. The fourth-order valence-electron chi connectivity index (χ4n) is 5.02. The molecule has 3 atom stereocenters. The van der Waals surface area contributed by atoms with Crippen molar-refractivity contribution in [3.05, 3.63) is 40.4 Å². The van der Waals surface area contributed by atoms with Gasteiger partial charge in [0.05, 0.1) is 11.6 Å². The van der Waals surface area contributed by atoms with E-state index in [0.29, 0.717) is 12.0 Å². The minimum atomic E-state index is -0.210. The Labute approximate surface area is 123 Å². The molecule has 2 aromatic rings. The number of nitroso groups, excluding NO2 is 1. The molecule has 0 spiro atoms. The zero-order valence-corrected chi connectivity index (χ0v) is 12.0. The van der Waals surface area contributed by atoms with E-state index in [9.17, 15) is 4.91 Å². The van der Waals surface area contributed by atoms with Crippen molar-refractivity contribution in [1.82, 2.24) is 9.47 Å². The number of aromatic nitrogens is 1. The Bertz CT molecular complexity index is 735. The van der Waals surface area contributed by atoms with Gasteiger partial charge in [-0.05, 0) is 55.0 Å². The van der Waals surface area contributed by atoms with Crippen molar-refractivity contribution in [3.8, 4) is 0 Å². The first-order valence-corrected chi connectivity index (χ1v) is 8.06. The van der Waals surface area contributed by atoms with Gasteiger partial charge in [0, 0.05) is 17.6 Å². The summed E-state index contributed by atoms with van der Waals surface area (Å²) in [7, 11) is 0. The van der Waals surface area contributed by atoms with Gasteiger partial charge in [0.15, 0.2) is 6.17 Å². The van der Waals surface area contributed by atoms with Crippen LogP contribution in [-0.2, 0) is 6.42 Å². The van der Waals surface area contributed by atoms with Gasteiger partial charge >= 0.3 is 0 Å². The molecule has 3 unspecified atom stereocenters. The lowest BCUT2D eigenvalue weighted by Gasteiger charge is -2.48. The Hall–Kier alpha value is -1.68. The highest BCUT2D eigenvalue weighted by Gasteiger charge is 2.45. The van der Waals surface area contributed by atoms with Gasteiger partial charge in [-0.15, -0.1) is 4.91 Å². The molecule has 0 amide bonds. The minimum absolute atomic E-state index is 0.210. The van der Waals surface area contributed by atoms with Crippen LogP contribution in [0, 0.1) is 10.8 Å². The van der Waals surface area contributed by atoms with E-state index in [-0.39, 0.29) is 6.17 Å². The predicted octanol–water partition coefficient (Wildman–Crippen LogP) is 3.62. The van der Waals surface area contributed by atoms with E-state index >= 15 is 0 Å². The first kappa shape index (κ1) is 11.9. The van der Waals surface area contributed by atoms with Gasteiger partial charge in [0.2, 0.25) is 0 Å². The van der Waals surface area contributed by atoms with Crippen LogP contribution in [-0.4, -0.2) is 22.6 Å². The number of benzene rings is 1. The standard InChI is InChI=1S/C17H19N3O/c21-18-15-10-11-4-3-8-19-9-7-13-12-5-1-2-6-14(12)20(15)17(13)16(11)19/h1-2,5-6,11,15-16H,3-4,7-10H2. The molecule has 1 saturated heterocycles. The molecule has 0 radical (unpaired) electrons. The fraction of sp³-hybridized carbons (Fsp3) is 0.529. The monoisotopic (exact) mass is 281 g/mol. The molecule has 0 saturated carbocycles. The second-order valence-electron chi connectivity index (χ2n) is 6.71. The summed E-state index contributed by atoms with van der Waals surface area (Å²) < 4.78 is 2.26. The molecular formula is C17H19N3O. The summed E-state index contributed by atoms with van der Waals surface area (Å²) in [6, 6.07) is 9.07. The summed E-state index contributed by atoms with van der Waals surface area (Å²) in [4.78, 5) is 14.1. The van der Waals surface area contributed by atoms with E-state index < -0.39 is 0 Å². The highest BCUT2D eigenvalue weighted by atomic mass is 16.3. The van der Waals surface area contributed by atoms with Crippen molar-refractivity contribution in [1.29, 1.82) is 0 Å². The zero-order chi connectivity index (χ0) is 14.0. The van der Waals surface area contributed by atoms with E-state index in [1.165, 1.54) is 48.1 Å². The number of piperidine rings is 1. The number of fused-ring (bicyclic) bond motifs is 3. The molecule has 1 aromatic heterocycles. The summed E-state index contributed by atoms with van der Waals surface area (Å²) in [5, 5.41) is 4.83. The van der Waals surface area contributed by atoms with Crippen molar-refractivity contribution in [2.24, 2.45) is 11.1 Å². The van der Waals surface area contributed by atoms with Crippen LogP contribution in [0.1, 0.15) is 42.7 Å². The topological polar surface area (TPSA) is 37.6 Å². The van der Waals surface area contributed by atoms with Crippen LogP contribution in [0.25, 0.3) is 10.9 Å². The van der Waals surface area contributed by atoms with Gasteiger partial charge in [-0.3, -0.25) is 4.90 Å². The van der Waals surface area contributed by atoms with E-state index in [1.807, 2.05) is 0 Å². The van der Waals surface area contributed by atoms with Crippen molar-refractivity contribution < 1.29 is 0 Å². The van der Waals surface area contributed by atoms with Gasteiger partial charge in [0.1, 0.15) is 0 Å². The molecule has 3 aliphatic heterocycles. The van der Waals surface area contributed by atoms with Crippen LogP contribution >= 0.6 is 0 Å². The highest BCUT2D eigenvalue weighted by Crippen LogP contribution is 2.51. The Kier molecular flexibility index (Phi) is 2.37. The molecule has 0 N–H and O–H groups in total. The number of para-hydroxylation sites is 1. The van der Waals surface area contributed by atoms with Crippen molar-refractivity contribution in [2.75, 3.05) is 13.1 Å². The summed E-state index contributed by atoms with van der Waals surface area (Å²) in [5.74, 6) is 0.609. The molecule has 1 aromatic carbocycles. The molecule has 108 valence electrons. The molecule has 5 rings (SSSR count). The van der Waals surface area contributed by atoms with Crippen LogP contribution in [0.2, 0.25) is 0 Å². The maximum absolute atomic E-state index is 11.5. The predicted molar refractivity (Wildman–Crippen MR) is 82.1 cm³/mol. The smallest absolute Gasteiger partial charge is 0.167 e. The third kappa shape index (κ3) is 1.43. The first-order chi connectivity index (χ1) is 10.4. The van der Waals surface area contributed by atoms with E-state index in [4.69, 9.17) is 0 Å². The number of hydrogen-bond donors (Lipinski definition) is 0. The summed E-state index contributed by atoms with van der Waals surface area (Å²) >= 11 is 0. The quantitative estimate of drug-likeness (QED) is 0.749. The Morgan fingerprint density at radius 3 is 3.00 bits per heavy atom. The molecule has 3 aliphatic rings. The normalized spacial score (nSPS) is 31.1. The minimum Gasteiger partial charge on any atom is -0.317 e. The Morgan fingerprint density at radius 1 is 1.19 bits per heavy atom. The zero-order valence-electron chi connectivity index (χ0n) is 12.0. The molecule has 21 heavy (non-hydrogen) atoms. The summed E-state index contributed by atoms with van der Waals surface area (Å²) in [5.41, 5.74) is 4.09. The third-order valence-electron chi connectivity index (χ3n) is 5.78. The number of hydrogen-bond acceptors (Lipinski definition) is 3. The Morgan fingerprint density at radius 2 is 2.10 bits per heavy atom. The molecule has 4 nitrogen and oxygen atoms in total. The molecule has 0 bridgehead atoms. The average Bonchev–Trinajstić information content (AvgIpc) is 2.88. The lowest BCUT2D eigenvalue weighted by molar-refractivity contribution is 0.0476. The van der Waals surface area contributed by atoms with Gasteiger partial charge in [-0.1, -0.05) is 18.2 Å². The van der Waals surface area contributed by atoms with Crippen LogP contribution in [0.15, 0.2) is 29.4 Å². The van der Waals surface area contributed by atoms with E-state index in [2.05, 4.69) is 38.9 Å². The molecule has 4 heterocycles. The van der Waals surface area contributed by atoms with Crippen LogP contribution in [0.3, 0.4) is 0 Å². The number of rotatable bonds is 1. The maximum atomic E-state index is 11.5. The van der Waals surface area contributed by atoms with Crippen molar-refractivity contribution in [2.45, 2.75) is 37.9 Å². The van der Waals surface area contributed by atoms with Gasteiger partial charge in [-0.2, -0.15) is 0 Å². The SMILES string of the molecule is O=NC1CC2CCCN3CCc4c(n1c1ccccc41)C23. The van der Waals surface area contributed by atoms with Crippen LogP contribution in [0.5, 0.6) is 0 Å². The van der Waals surface area contributed by atoms with Gasteiger partial charge in [0.25, 0.3) is 0 Å². The second-order valence-corrected chi connectivity index (χ2v) is 6.71. The van der Waals surface area contributed by atoms with Crippen LogP contribution < -0.4 is 0 Å². The van der Waals surface area contributed by atoms with Crippen molar-refractivity contribution >= 4 is 10.9 Å². The molecular weight excluding hydrogens is 262 g/mol. The van der Waals surface area contributed by atoms with E-state index in [1.54, 1.807) is 0 Å². The van der Waals surface area contributed by atoms with Gasteiger partial charge < -0.3 is 4.57 Å². The molecule has 0 aliphatic carbocycles. The summed E-state index contributed by atoms with van der Waals surface area (Å²) in [6.07, 6.45) is 4.32. The van der Waals surface area contributed by atoms with Gasteiger partial charge in [-0.25, -0.2) is 0 Å². The lowest BCUT2D eigenvalue weighted by atomic mass is 9.78.